The summed E-state index contributed by atoms with van der Waals surface area (Å²) < 4.78 is 0. The van der Waals surface area contributed by atoms with Gasteiger partial charge < -0.3 is 21.1 Å². The van der Waals surface area contributed by atoms with E-state index in [4.69, 9.17) is 15.9 Å². The maximum absolute atomic E-state index is 10.8. The molecule has 0 amide bonds. The van der Waals surface area contributed by atoms with Gasteiger partial charge in [-0.15, -0.1) is 0 Å². The molecule has 0 saturated carbocycles. The highest BCUT2D eigenvalue weighted by Gasteiger charge is 2.31. The lowest BCUT2D eigenvalue weighted by molar-refractivity contribution is -0.144. The van der Waals surface area contributed by atoms with E-state index >= 15 is 0 Å². The zero-order valence-electron chi connectivity index (χ0n) is 9.31. The topological polar surface area (TPSA) is 104 Å². The minimum absolute atomic E-state index is 0.125. The van der Waals surface area contributed by atoms with Crippen molar-refractivity contribution in [3.05, 3.63) is 0 Å². The van der Waals surface area contributed by atoms with Crippen LogP contribution >= 0.6 is 0 Å². The van der Waals surface area contributed by atoms with Crippen LogP contribution in [0.5, 0.6) is 0 Å². The monoisotopic (exact) mass is 219 g/mol. The van der Waals surface area contributed by atoms with Crippen molar-refractivity contribution in [3.63, 3.8) is 0 Å². The molecule has 0 aliphatic rings. The summed E-state index contributed by atoms with van der Waals surface area (Å²) in [6.07, 6.45) is -0.372. The van der Waals surface area contributed by atoms with Crippen molar-refractivity contribution in [2.75, 3.05) is 13.2 Å². The van der Waals surface area contributed by atoms with Gasteiger partial charge in [0, 0.05) is 5.41 Å². The Bertz CT molecular complexity index is 206. The van der Waals surface area contributed by atoms with Gasteiger partial charge in [0.05, 0.1) is 18.6 Å². The molecule has 15 heavy (non-hydrogen) atoms. The number of carboxylic acids is 1. The number of nitrogens with two attached hydrogens (primary N) is 1. The van der Waals surface area contributed by atoms with Gasteiger partial charge in [0.2, 0.25) is 0 Å². The minimum Gasteiger partial charge on any atom is -0.481 e. The highest BCUT2D eigenvalue weighted by Crippen LogP contribution is 2.26. The second kappa shape index (κ2) is 6.05. The van der Waals surface area contributed by atoms with Crippen LogP contribution in [0.3, 0.4) is 0 Å². The lowest BCUT2D eigenvalue weighted by Crippen LogP contribution is -2.36. The Balaban J connectivity index is 4.34. The van der Waals surface area contributed by atoms with Crippen molar-refractivity contribution < 1.29 is 20.1 Å². The molecule has 0 fully saturated rings. The zero-order chi connectivity index (χ0) is 12.1. The van der Waals surface area contributed by atoms with Gasteiger partial charge in [0.25, 0.3) is 0 Å². The summed E-state index contributed by atoms with van der Waals surface area (Å²) in [6.45, 7) is 3.49. The van der Waals surface area contributed by atoms with Crippen LogP contribution in [-0.4, -0.2) is 40.5 Å². The molecule has 0 bridgehead atoms. The summed E-state index contributed by atoms with van der Waals surface area (Å²) in [5.74, 6) is -1.59. The SMILES string of the molecule is CC(C)(CO)C(O)CC(CCN)C(=O)O. The zero-order valence-corrected chi connectivity index (χ0v) is 9.31. The Labute approximate surface area is 89.9 Å². The van der Waals surface area contributed by atoms with E-state index in [1.807, 2.05) is 0 Å². The largest absolute Gasteiger partial charge is 0.481 e. The van der Waals surface area contributed by atoms with Crippen LogP contribution in [0, 0.1) is 11.3 Å². The van der Waals surface area contributed by atoms with Crippen LogP contribution in [0.25, 0.3) is 0 Å². The van der Waals surface area contributed by atoms with Crippen molar-refractivity contribution >= 4 is 5.97 Å². The lowest BCUT2D eigenvalue weighted by atomic mass is 9.81. The van der Waals surface area contributed by atoms with Gasteiger partial charge in [0.1, 0.15) is 0 Å². The molecule has 0 heterocycles. The number of hydrogen-bond donors (Lipinski definition) is 4. The maximum atomic E-state index is 10.8. The summed E-state index contributed by atoms with van der Waals surface area (Å²) in [6, 6.07) is 0. The molecule has 2 unspecified atom stereocenters. The average Bonchev–Trinajstić information content (AvgIpc) is 2.16. The van der Waals surface area contributed by atoms with E-state index in [9.17, 15) is 9.90 Å². The minimum atomic E-state index is -0.951. The summed E-state index contributed by atoms with van der Waals surface area (Å²) in [7, 11) is 0. The molecule has 0 aromatic rings. The summed E-state index contributed by atoms with van der Waals surface area (Å²) in [5, 5.41) is 27.6. The molecule has 0 aliphatic carbocycles. The third kappa shape index (κ3) is 4.59. The normalized spacial score (nSPS) is 16.1. The molecule has 5 nitrogen and oxygen atoms in total. The molecule has 0 radical (unpaired) electrons. The van der Waals surface area contributed by atoms with E-state index in [-0.39, 0.29) is 19.6 Å². The first-order valence-corrected chi connectivity index (χ1v) is 5.07. The Morgan fingerprint density at radius 1 is 1.47 bits per heavy atom. The molecule has 0 aliphatic heterocycles. The molecule has 0 spiro atoms. The third-order valence-electron chi connectivity index (χ3n) is 2.68. The van der Waals surface area contributed by atoms with Crippen LogP contribution < -0.4 is 5.73 Å². The van der Waals surface area contributed by atoms with Crippen LogP contribution in [-0.2, 0) is 4.79 Å². The summed E-state index contributed by atoms with van der Waals surface area (Å²) in [5.41, 5.74) is 4.61. The molecule has 0 rings (SSSR count). The number of aliphatic carboxylic acids is 1. The molecule has 0 saturated heterocycles. The predicted molar refractivity (Wildman–Crippen MR) is 56.3 cm³/mol. The van der Waals surface area contributed by atoms with Gasteiger partial charge in [0.15, 0.2) is 0 Å². The van der Waals surface area contributed by atoms with Gasteiger partial charge in [-0.1, -0.05) is 13.8 Å². The first-order valence-electron chi connectivity index (χ1n) is 5.07. The van der Waals surface area contributed by atoms with Crippen molar-refractivity contribution in [3.8, 4) is 0 Å². The standard InChI is InChI=1S/C10H21NO4/c1-10(2,6-12)8(13)5-7(3-4-11)9(14)15/h7-8,12-13H,3-6,11H2,1-2H3,(H,14,15). The number of aliphatic hydroxyl groups excluding tert-OH is 2. The van der Waals surface area contributed by atoms with E-state index in [1.54, 1.807) is 13.8 Å². The smallest absolute Gasteiger partial charge is 0.306 e. The first kappa shape index (κ1) is 14.3. The van der Waals surface area contributed by atoms with Gasteiger partial charge >= 0.3 is 5.97 Å². The fourth-order valence-electron chi connectivity index (χ4n) is 1.24. The number of hydrogen-bond acceptors (Lipinski definition) is 4. The molecule has 90 valence electrons. The fourth-order valence-corrected chi connectivity index (χ4v) is 1.24. The Morgan fingerprint density at radius 3 is 2.33 bits per heavy atom. The average molecular weight is 219 g/mol. The fraction of sp³-hybridized carbons (Fsp3) is 0.900. The van der Waals surface area contributed by atoms with Gasteiger partial charge in [-0.25, -0.2) is 0 Å². The van der Waals surface area contributed by atoms with E-state index in [0.29, 0.717) is 6.42 Å². The van der Waals surface area contributed by atoms with Gasteiger partial charge in [-0.2, -0.15) is 0 Å². The highest BCUT2D eigenvalue weighted by atomic mass is 16.4. The maximum Gasteiger partial charge on any atom is 0.306 e. The molecule has 2 atom stereocenters. The Kier molecular flexibility index (Phi) is 5.79. The van der Waals surface area contributed by atoms with Crippen LogP contribution in [0.15, 0.2) is 0 Å². The summed E-state index contributed by atoms with van der Waals surface area (Å²) >= 11 is 0. The van der Waals surface area contributed by atoms with Crippen LogP contribution in [0.1, 0.15) is 26.7 Å². The third-order valence-corrected chi connectivity index (χ3v) is 2.68. The number of aliphatic hydroxyl groups is 2. The van der Waals surface area contributed by atoms with Crippen molar-refractivity contribution in [2.24, 2.45) is 17.1 Å². The lowest BCUT2D eigenvalue weighted by Gasteiger charge is -2.30. The Morgan fingerprint density at radius 2 is 2.00 bits per heavy atom. The van der Waals surface area contributed by atoms with Crippen LogP contribution in [0.2, 0.25) is 0 Å². The molecule has 0 aromatic heterocycles. The molecule has 5 N–H and O–H groups in total. The number of carbonyl (C=O) groups is 1. The van der Waals surface area contributed by atoms with Crippen molar-refractivity contribution in [1.82, 2.24) is 0 Å². The number of rotatable bonds is 7. The number of carboxylic acid groups (broad SMARTS) is 1. The van der Waals surface area contributed by atoms with E-state index in [1.165, 1.54) is 0 Å². The predicted octanol–water partition coefficient (Wildman–Crippen LogP) is -0.194. The first-order chi connectivity index (χ1) is 6.85. The molecule has 5 heteroatoms. The van der Waals surface area contributed by atoms with E-state index in [0.717, 1.165) is 0 Å². The Hall–Kier alpha value is -0.650. The van der Waals surface area contributed by atoms with E-state index < -0.39 is 23.4 Å². The van der Waals surface area contributed by atoms with Crippen molar-refractivity contribution in [2.45, 2.75) is 32.8 Å². The molecular formula is C10H21NO4. The molecular weight excluding hydrogens is 198 g/mol. The van der Waals surface area contributed by atoms with Crippen molar-refractivity contribution in [1.29, 1.82) is 0 Å². The second-order valence-electron chi connectivity index (χ2n) is 4.51. The van der Waals surface area contributed by atoms with Gasteiger partial charge in [-0.3, -0.25) is 4.79 Å². The molecule has 0 aromatic carbocycles. The summed E-state index contributed by atoms with van der Waals surface area (Å²) in [4.78, 5) is 10.8. The highest BCUT2D eigenvalue weighted by molar-refractivity contribution is 5.70. The van der Waals surface area contributed by atoms with E-state index in [2.05, 4.69) is 0 Å². The van der Waals surface area contributed by atoms with Crippen LogP contribution in [0.4, 0.5) is 0 Å². The second-order valence-corrected chi connectivity index (χ2v) is 4.51. The quantitative estimate of drug-likeness (QED) is 0.475. The van der Waals surface area contributed by atoms with Gasteiger partial charge in [-0.05, 0) is 19.4 Å².